The summed E-state index contributed by atoms with van der Waals surface area (Å²) in [5.41, 5.74) is 6.36. The number of hydrogen-bond donors (Lipinski definition) is 3. The van der Waals surface area contributed by atoms with E-state index in [1.165, 1.54) is 6.20 Å². The van der Waals surface area contributed by atoms with Crippen molar-refractivity contribution in [3.63, 3.8) is 0 Å². The largest absolute Gasteiger partial charge is 0.357 e. The summed E-state index contributed by atoms with van der Waals surface area (Å²) in [6, 6.07) is 9.57. The van der Waals surface area contributed by atoms with Crippen LogP contribution in [0, 0.1) is 0 Å². The molecule has 3 N–H and O–H groups in total. The fourth-order valence-electron chi connectivity index (χ4n) is 1.72. The highest BCUT2D eigenvalue weighted by Crippen LogP contribution is 2.07. The summed E-state index contributed by atoms with van der Waals surface area (Å²) in [4.78, 5) is 12.0. The lowest BCUT2D eigenvalue weighted by atomic mass is 10.1. The predicted octanol–water partition coefficient (Wildman–Crippen LogP) is 1.78. The van der Waals surface area contributed by atoms with E-state index >= 15 is 0 Å². The summed E-state index contributed by atoms with van der Waals surface area (Å²) in [5.74, 6) is -0.305. The number of para-hydroxylation sites is 1. The van der Waals surface area contributed by atoms with Gasteiger partial charge in [0.2, 0.25) is 0 Å². The number of amides is 1. The molecule has 6 nitrogen and oxygen atoms in total. The summed E-state index contributed by atoms with van der Waals surface area (Å²) in [6.45, 7) is 5.94. The summed E-state index contributed by atoms with van der Waals surface area (Å²) >= 11 is 5.09. The molecule has 116 valence electrons. The number of nitrogens with zero attached hydrogens (tertiary/aromatic N) is 2. The number of carbonyl (C=O) groups is 1. The van der Waals surface area contributed by atoms with E-state index in [4.69, 9.17) is 12.2 Å². The average Bonchev–Trinajstić information content (AvgIpc) is 2.94. The van der Waals surface area contributed by atoms with Crippen molar-refractivity contribution in [1.82, 2.24) is 25.9 Å². The van der Waals surface area contributed by atoms with E-state index in [1.54, 1.807) is 10.9 Å². The van der Waals surface area contributed by atoms with Gasteiger partial charge in [-0.1, -0.05) is 18.2 Å². The number of hydrogen-bond acceptors (Lipinski definition) is 3. The summed E-state index contributed by atoms with van der Waals surface area (Å²) in [5, 5.41) is 7.57. The maximum absolute atomic E-state index is 12.0. The van der Waals surface area contributed by atoms with Crippen LogP contribution in [-0.2, 0) is 0 Å². The number of thiocarbonyl (C=S) groups is 1. The van der Waals surface area contributed by atoms with Gasteiger partial charge in [-0.05, 0) is 45.1 Å². The van der Waals surface area contributed by atoms with Crippen LogP contribution in [0.4, 0.5) is 0 Å². The zero-order valence-corrected chi connectivity index (χ0v) is 13.6. The van der Waals surface area contributed by atoms with Gasteiger partial charge in [0, 0.05) is 11.7 Å². The summed E-state index contributed by atoms with van der Waals surface area (Å²) in [7, 11) is 0. The van der Waals surface area contributed by atoms with Crippen LogP contribution in [0.15, 0.2) is 42.7 Å². The molecule has 7 heteroatoms. The monoisotopic (exact) mass is 317 g/mol. The third kappa shape index (κ3) is 4.56. The maximum atomic E-state index is 12.0. The lowest BCUT2D eigenvalue weighted by Crippen LogP contribution is -2.52. The molecule has 0 radical (unpaired) electrons. The molecule has 0 unspecified atom stereocenters. The molecule has 0 saturated carbocycles. The van der Waals surface area contributed by atoms with Crippen LogP contribution in [0.25, 0.3) is 5.69 Å². The van der Waals surface area contributed by atoms with E-state index in [-0.39, 0.29) is 11.4 Å². The molecule has 0 aliphatic carbocycles. The second-order valence-electron chi connectivity index (χ2n) is 5.79. The topological polar surface area (TPSA) is 71.0 Å². The first-order valence-electron chi connectivity index (χ1n) is 6.84. The van der Waals surface area contributed by atoms with Crippen molar-refractivity contribution in [1.29, 1.82) is 0 Å². The molecule has 0 fully saturated rings. The van der Waals surface area contributed by atoms with Gasteiger partial charge in [0.05, 0.1) is 17.4 Å². The van der Waals surface area contributed by atoms with Crippen LogP contribution >= 0.6 is 12.2 Å². The Morgan fingerprint density at radius 2 is 1.86 bits per heavy atom. The third-order valence-corrected chi connectivity index (χ3v) is 2.85. The van der Waals surface area contributed by atoms with Crippen LogP contribution < -0.4 is 16.2 Å². The number of nitrogens with one attached hydrogen (secondary N) is 3. The molecule has 0 bridgehead atoms. The Labute approximate surface area is 134 Å². The van der Waals surface area contributed by atoms with Crippen molar-refractivity contribution in [2.45, 2.75) is 26.3 Å². The normalized spacial score (nSPS) is 10.9. The van der Waals surface area contributed by atoms with Gasteiger partial charge in [-0.2, -0.15) is 5.10 Å². The number of hydrazine groups is 1. The van der Waals surface area contributed by atoms with Crippen LogP contribution in [-0.4, -0.2) is 26.3 Å². The molecule has 0 aliphatic rings. The minimum Gasteiger partial charge on any atom is -0.357 e. The van der Waals surface area contributed by atoms with Crippen LogP contribution in [0.2, 0.25) is 0 Å². The van der Waals surface area contributed by atoms with E-state index in [9.17, 15) is 4.79 Å². The second kappa shape index (κ2) is 6.57. The Balaban J connectivity index is 1.94. The highest BCUT2D eigenvalue weighted by molar-refractivity contribution is 7.80. The number of benzene rings is 1. The lowest BCUT2D eigenvalue weighted by Gasteiger charge is -2.22. The number of carbonyl (C=O) groups excluding carboxylic acids is 1. The second-order valence-corrected chi connectivity index (χ2v) is 6.20. The molecule has 22 heavy (non-hydrogen) atoms. The molecule has 1 amide bonds. The first-order valence-corrected chi connectivity index (χ1v) is 7.24. The van der Waals surface area contributed by atoms with Crippen molar-refractivity contribution in [2.75, 3.05) is 0 Å². The van der Waals surface area contributed by atoms with E-state index in [2.05, 4.69) is 21.3 Å². The van der Waals surface area contributed by atoms with Gasteiger partial charge >= 0.3 is 0 Å². The minimum absolute atomic E-state index is 0.174. The molecule has 0 atom stereocenters. The Morgan fingerprint density at radius 3 is 2.50 bits per heavy atom. The summed E-state index contributed by atoms with van der Waals surface area (Å²) < 4.78 is 1.64. The SMILES string of the molecule is CC(C)(C)NC(=S)NNC(=O)c1cnn(-c2ccccc2)c1. The van der Waals surface area contributed by atoms with Gasteiger partial charge in [0.1, 0.15) is 0 Å². The fourth-order valence-corrected chi connectivity index (χ4v) is 2.08. The molecule has 1 aromatic carbocycles. The Hall–Kier alpha value is -2.41. The van der Waals surface area contributed by atoms with Crippen LogP contribution in [0.5, 0.6) is 0 Å². The van der Waals surface area contributed by atoms with Gasteiger partial charge < -0.3 is 5.32 Å². The smallest absolute Gasteiger partial charge is 0.272 e. The third-order valence-electron chi connectivity index (χ3n) is 2.64. The Bertz CT molecular complexity index is 660. The molecule has 1 aromatic heterocycles. The quantitative estimate of drug-likeness (QED) is 0.582. The fraction of sp³-hybridized carbons (Fsp3) is 0.267. The number of rotatable bonds is 2. The zero-order valence-electron chi connectivity index (χ0n) is 12.8. The molecular weight excluding hydrogens is 298 g/mol. The standard InChI is InChI=1S/C15H19N5OS/c1-15(2,3)17-14(22)19-18-13(21)11-9-16-20(10-11)12-7-5-4-6-8-12/h4-10H,1-3H3,(H,18,21)(H2,17,19,22). The van der Waals surface area contributed by atoms with Crippen molar-refractivity contribution in [2.24, 2.45) is 0 Å². The first-order chi connectivity index (χ1) is 10.3. The van der Waals surface area contributed by atoms with E-state index in [0.29, 0.717) is 10.7 Å². The first kappa shape index (κ1) is 16.0. The minimum atomic E-state index is -0.305. The van der Waals surface area contributed by atoms with Crippen molar-refractivity contribution < 1.29 is 4.79 Å². The van der Waals surface area contributed by atoms with Gasteiger partial charge in [-0.15, -0.1) is 0 Å². The van der Waals surface area contributed by atoms with Crippen molar-refractivity contribution >= 4 is 23.2 Å². The van der Waals surface area contributed by atoms with E-state index in [0.717, 1.165) is 5.69 Å². The Kier molecular flexibility index (Phi) is 4.77. The van der Waals surface area contributed by atoms with Crippen molar-refractivity contribution in [3.05, 3.63) is 48.3 Å². The molecule has 0 aliphatic heterocycles. The molecule has 1 heterocycles. The van der Waals surface area contributed by atoms with Crippen LogP contribution in [0.3, 0.4) is 0 Å². The molecule has 2 aromatic rings. The Morgan fingerprint density at radius 1 is 1.18 bits per heavy atom. The van der Waals surface area contributed by atoms with E-state index in [1.807, 2.05) is 51.1 Å². The van der Waals surface area contributed by atoms with Crippen LogP contribution in [0.1, 0.15) is 31.1 Å². The van der Waals surface area contributed by atoms with Gasteiger partial charge in [0.15, 0.2) is 5.11 Å². The molecule has 0 spiro atoms. The van der Waals surface area contributed by atoms with Gasteiger partial charge in [-0.25, -0.2) is 4.68 Å². The lowest BCUT2D eigenvalue weighted by molar-refractivity contribution is 0.0943. The zero-order chi connectivity index (χ0) is 16.2. The molecular formula is C15H19N5OS. The highest BCUT2D eigenvalue weighted by atomic mass is 32.1. The average molecular weight is 317 g/mol. The molecule has 2 rings (SSSR count). The van der Waals surface area contributed by atoms with E-state index < -0.39 is 0 Å². The predicted molar refractivity (Wildman–Crippen MR) is 89.7 cm³/mol. The molecule has 0 saturated heterocycles. The van der Waals surface area contributed by atoms with Gasteiger partial charge in [0.25, 0.3) is 5.91 Å². The van der Waals surface area contributed by atoms with Gasteiger partial charge in [-0.3, -0.25) is 15.6 Å². The van der Waals surface area contributed by atoms with Crippen molar-refractivity contribution in [3.8, 4) is 5.69 Å². The number of aromatic nitrogens is 2. The summed E-state index contributed by atoms with van der Waals surface area (Å²) in [6.07, 6.45) is 3.16. The maximum Gasteiger partial charge on any atom is 0.272 e. The highest BCUT2D eigenvalue weighted by Gasteiger charge is 2.13.